The molecule has 5 nitrogen and oxygen atoms in total. The van der Waals surface area contributed by atoms with E-state index in [0.29, 0.717) is 10.7 Å². The monoisotopic (exact) mass is 242 g/mol. The maximum absolute atomic E-state index is 11.3. The zero-order valence-corrected chi connectivity index (χ0v) is 9.32. The van der Waals surface area contributed by atoms with Crippen LogP contribution in [0.1, 0.15) is 6.92 Å². The Morgan fingerprint density at radius 2 is 2.06 bits per heavy atom. The van der Waals surface area contributed by atoms with Gasteiger partial charge in [0.1, 0.15) is 0 Å². The Morgan fingerprint density at radius 1 is 1.44 bits per heavy atom. The van der Waals surface area contributed by atoms with Crippen LogP contribution in [0.5, 0.6) is 0 Å². The van der Waals surface area contributed by atoms with Crippen molar-refractivity contribution >= 4 is 29.3 Å². The van der Waals surface area contributed by atoms with E-state index in [-0.39, 0.29) is 0 Å². The van der Waals surface area contributed by atoms with E-state index in [1.165, 1.54) is 6.92 Å². The summed E-state index contributed by atoms with van der Waals surface area (Å²) in [5.41, 5.74) is 5.35. The third-order valence-corrected chi connectivity index (χ3v) is 2.12. The third-order valence-electron chi connectivity index (χ3n) is 1.80. The maximum atomic E-state index is 11.3. The zero-order valence-electron chi connectivity index (χ0n) is 8.57. The Balaban J connectivity index is 2.59. The van der Waals surface area contributed by atoms with Crippen molar-refractivity contribution in [1.82, 2.24) is 0 Å². The Labute approximate surface area is 97.5 Å². The first kappa shape index (κ1) is 12.3. The van der Waals surface area contributed by atoms with Crippen molar-refractivity contribution < 1.29 is 14.3 Å². The van der Waals surface area contributed by atoms with Gasteiger partial charge in [-0.3, -0.25) is 10.1 Å². The molecule has 0 aliphatic rings. The number of amides is 2. The van der Waals surface area contributed by atoms with Gasteiger partial charge in [-0.2, -0.15) is 0 Å². The highest BCUT2D eigenvalue weighted by atomic mass is 35.5. The lowest BCUT2D eigenvalue weighted by atomic mass is 10.3. The van der Waals surface area contributed by atoms with Crippen molar-refractivity contribution in [2.24, 2.45) is 5.73 Å². The average Bonchev–Trinajstić information content (AvgIpc) is 2.21. The molecule has 1 aromatic rings. The number of rotatable bonds is 3. The molecule has 0 aliphatic carbocycles. The second-order valence-corrected chi connectivity index (χ2v) is 3.46. The first-order valence-electron chi connectivity index (χ1n) is 4.52. The van der Waals surface area contributed by atoms with E-state index in [4.69, 9.17) is 17.3 Å². The Hall–Kier alpha value is -1.75. The fourth-order valence-corrected chi connectivity index (χ4v) is 1.10. The summed E-state index contributed by atoms with van der Waals surface area (Å²) in [6.07, 6.45) is -1.76. The first-order chi connectivity index (χ1) is 7.50. The molecule has 2 amide bonds. The number of halogens is 1. The fourth-order valence-electron chi connectivity index (χ4n) is 0.921. The van der Waals surface area contributed by atoms with Gasteiger partial charge >= 0.3 is 6.09 Å². The molecule has 6 heteroatoms. The summed E-state index contributed by atoms with van der Waals surface area (Å²) in [4.78, 5) is 21.9. The van der Waals surface area contributed by atoms with Gasteiger partial charge in [-0.25, -0.2) is 4.79 Å². The maximum Gasteiger partial charge on any atom is 0.412 e. The number of nitrogens with one attached hydrogen (secondary N) is 1. The molecule has 1 rings (SSSR count). The molecule has 86 valence electrons. The zero-order chi connectivity index (χ0) is 12.1. The Morgan fingerprint density at radius 3 is 2.62 bits per heavy atom. The highest BCUT2D eigenvalue weighted by molar-refractivity contribution is 6.33. The van der Waals surface area contributed by atoms with Crippen LogP contribution in [0.15, 0.2) is 24.3 Å². The van der Waals surface area contributed by atoms with Crippen molar-refractivity contribution in [1.29, 1.82) is 0 Å². The van der Waals surface area contributed by atoms with Crippen molar-refractivity contribution in [3.05, 3.63) is 29.3 Å². The number of primary amides is 1. The second kappa shape index (κ2) is 5.37. The molecule has 0 saturated heterocycles. The van der Waals surface area contributed by atoms with Gasteiger partial charge in [0.2, 0.25) is 0 Å². The van der Waals surface area contributed by atoms with E-state index < -0.39 is 18.1 Å². The molecule has 0 fully saturated rings. The SMILES string of the molecule is CC(OC(=O)Nc1ccccc1Cl)C(N)=O. The standard InChI is InChI=1S/C10H11ClN2O3/c1-6(9(12)14)16-10(15)13-8-5-3-2-4-7(8)11/h2-6H,1H3,(H2,12,14)(H,13,15). The molecule has 0 saturated carbocycles. The van der Waals surface area contributed by atoms with Crippen LogP contribution >= 0.6 is 11.6 Å². The van der Waals surface area contributed by atoms with Gasteiger partial charge in [-0.1, -0.05) is 23.7 Å². The number of benzene rings is 1. The molecular weight excluding hydrogens is 232 g/mol. The summed E-state index contributed by atoms with van der Waals surface area (Å²) in [7, 11) is 0. The molecule has 0 spiro atoms. The number of ether oxygens (including phenoxy) is 1. The molecule has 3 N–H and O–H groups in total. The number of nitrogens with two attached hydrogens (primary N) is 1. The summed E-state index contributed by atoms with van der Waals surface area (Å²) < 4.78 is 4.69. The summed E-state index contributed by atoms with van der Waals surface area (Å²) in [5.74, 6) is -0.714. The van der Waals surface area contributed by atoms with Crippen molar-refractivity contribution in [2.45, 2.75) is 13.0 Å². The van der Waals surface area contributed by atoms with Crippen LogP contribution in [-0.2, 0) is 9.53 Å². The molecule has 1 unspecified atom stereocenters. The van der Waals surface area contributed by atoms with Gasteiger partial charge in [0, 0.05) is 0 Å². The average molecular weight is 243 g/mol. The molecule has 1 atom stereocenters. The molecular formula is C10H11ClN2O3. The van der Waals surface area contributed by atoms with Crippen LogP contribution in [0.3, 0.4) is 0 Å². The number of carbonyl (C=O) groups excluding carboxylic acids is 2. The van der Waals surface area contributed by atoms with E-state index in [9.17, 15) is 9.59 Å². The molecule has 1 aromatic carbocycles. The third kappa shape index (κ3) is 3.43. The van der Waals surface area contributed by atoms with Crippen molar-refractivity contribution in [3.8, 4) is 0 Å². The van der Waals surface area contributed by atoms with Crippen LogP contribution in [0, 0.1) is 0 Å². The lowest BCUT2D eigenvalue weighted by Gasteiger charge is -2.11. The molecule has 0 bridgehead atoms. The predicted octanol–water partition coefficient (Wildman–Crippen LogP) is 1.76. The number of carbonyl (C=O) groups is 2. The van der Waals surface area contributed by atoms with Gasteiger partial charge in [-0.15, -0.1) is 0 Å². The molecule has 0 heterocycles. The summed E-state index contributed by atoms with van der Waals surface area (Å²) in [6, 6.07) is 6.66. The van der Waals surface area contributed by atoms with Gasteiger partial charge < -0.3 is 10.5 Å². The van der Waals surface area contributed by atoms with Crippen molar-refractivity contribution in [3.63, 3.8) is 0 Å². The lowest BCUT2D eigenvalue weighted by Crippen LogP contribution is -2.32. The van der Waals surface area contributed by atoms with Crippen LogP contribution in [0.4, 0.5) is 10.5 Å². The predicted molar refractivity (Wildman–Crippen MR) is 60.2 cm³/mol. The highest BCUT2D eigenvalue weighted by Crippen LogP contribution is 2.20. The number of hydrogen-bond acceptors (Lipinski definition) is 3. The van der Waals surface area contributed by atoms with E-state index in [0.717, 1.165) is 0 Å². The minimum Gasteiger partial charge on any atom is -0.436 e. The van der Waals surface area contributed by atoms with Crippen molar-refractivity contribution in [2.75, 3.05) is 5.32 Å². The summed E-state index contributed by atoms with van der Waals surface area (Å²) in [6.45, 7) is 1.38. The quantitative estimate of drug-likeness (QED) is 0.847. The molecule has 0 radical (unpaired) electrons. The molecule has 16 heavy (non-hydrogen) atoms. The van der Waals surface area contributed by atoms with Crippen LogP contribution in [0.2, 0.25) is 5.02 Å². The van der Waals surface area contributed by atoms with E-state index in [1.54, 1.807) is 24.3 Å². The molecule has 0 aliphatic heterocycles. The Kier molecular flexibility index (Phi) is 4.13. The molecule has 0 aromatic heterocycles. The van der Waals surface area contributed by atoms with Gasteiger partial charge in [0.05, 0.1) is 10.7 Å². The van der Waals surface area contributed by atoms with Gasteiger partial charge in [-0.05, 0) is 19.1 Å². The summed E-state index contributed by atoms with van der Waals surface area (Å²) >= 11 is 5.81. The number of hydrogen-bond donors (Lipinski definition) is 2. The van der Waals surface area contributed by atoms with Crippen LogP contribution < -0.4 is 11.1 Å². The smallest absolute Gasteiger partial charge is 0.412 e. The van der Waals surface area contributed by atoms with E-state index in [1.807, 2.05) is 0 Å². The largest absolute Gasteiger partial charge is 0.436 e. The van der Waals surface area contributed by atoms with Gasteiger partial charge in [0.15, 0.2) is 6.10 Å². The normalized spacial score (nSPS) is 11.6. The second-order valence-electron chi connectivity index (χ2n) is 3.05. The number of para-hydroxylation sites is 1. The minimum absolute atomic E-state index is 0.381. The highest BCUT2D eigenvalue weighted by Gasteiger charge is 2.14. The van der Waals surface area contributed by atoms with Crippen LogP contribution in [-0.4, -0.2) is 18.1 Å². The minimum atomic E-state index is -0.984. The summed E-state index contributed by atoms with van der Waals surface area (Å²) in [5, 5.41) is 2.78. The first-order valence-corrected chi connectivity index (χ1v) is 4.90. The van der Waals surface area contributed by atoms with E-state index >= 15 is 0 Å². The van der Waals surface area contributed by atoms with E-state index in [2.05, 4.69) is 10.1 Å². The lowest BCUT2D eigenvalue weighted by molar-refractivity contribution is -0.125. The fraction of sp³-hybridized carbons (Fsp3) is 0.200. The number of anilines is 1. The van der Waals surface area contributed by atoms with Crippen LogP contribution in [0.25, 0.3) is 0 Å². The Bertz CT molecular complexity index is 409. The topological polar surface area (TPSA) is 81.4 Å². The van der Waals surface area contributed by atoms with Gasteiger partial charge in [0.25, 0.3) is 5.91 Å².